The Hall–Kier alpha value is -3.32. The number of rotatable bonds is 6. The molecule has 35 heavy (non-hydrogen) atoms. The number of pyridine rings is 1. The van der Waals surface area contributed by atoms with Gasteiger partial charge in [-0.05, 0) is 31.0 Å². The van der Waals surface area contributed by atoms with Gasteiger partial charge in [-0.25, -0.2) is 9.87 Å². The van der Waals surface area contributed by atoms with Gasteiger partial charge in [0, 0.05) is 23.4 Å². The summed E-state index contributed by atoms with van der Waals surface area (Å²) >= 11 is 0. The van der Waals surface area contributed by atoms with Crippen LogP contribution in [0.25, 0.3) is 0 Å². The predicted octanol–water partition coefficient (Wildman–Crippen LogP) is 3.31. The number of aromatic nitrogens is 1. The van der Waals surface area contributed by atoms with Crippen LogP contribution in [0.4, 0.5) is 27.6 Å². The largest absolute Gasteiger partial charge is 0.493 e. The minimum Gasteiger partial charge on any atom is -0.493 e. The number of alkyl halides is 3. The van der Waals surface area contributed by atoms with Gasteiger partial charge >= 0.3 is 6.18 Å². The smallest absolute Gasteiger partial charge is 0.406 e. The lowest BCUT2D eigenvalue weighted by molar-refractivity contribution is -0.198. The van der Waals surface area contributed by atoms with Gasteiger partial charge in [0.15, 0.2) is 11.6 Å². The van der Waals surface area contributed by atoms with Crippen LogP contribution in [-0.4, -0.2) is 48.7 Å². The molecule has 3 N–H and O–H groups in total. The maximum atomic E-state index is 14.7. The van der Waals surface area contributed by atoms with Crippen molar-refractivity contribution in [1.82, 2.24) is 15.8 Å². The molecule has 4 atom stereocenters. The van der Waals surface area contributed by atoms with Crippen LogP contribution >= 0.6 is 0 Å². The van der Waals surface area contributed by atoms with Crippen LogP contribution in [-0.2, 0) is 9.63 Å². The van der Waals surface area contributed by atoms with Gasteiger partial charge in [-0.3, -0.25) is 24.7 Å². The van der Waals surface area contributed by atoms with E-state index in [4.69, 9.17) is 4.11 Å². The molecular weight excluding hydrogens is 479 g/mol. The predicted molar refractivity (Wildman–Crippen MR) is 114 cm³/mol. The van der Waals surface area contributed by atoms with E-state index in [1.165, 1.54) is 13.2 Å². The normalized spacial score (nSPS) is 25.8. The fourth-order valence-corrected chi connectivity index (χ4v) is 4.12. The number of halogens is 5. The number of carbonyl (C=O) groups is 2. The van der Waals surface area contributed by atoms with E-state index >= 15 is 0 Å². The Balaban J connectivity index is 2.09. The highest BCUT2D eigenvalue weighted by molar-refractivity contribution is 5.98. The second-order valence-electron chi connectivity index (χ2n) is 8.07. The number of ether oxygens (including phenoxy) is 1. The van der Waals surface area contributed by atoms with Gasteiger partial charge in [0.25, 0.3) is 5.91 Å². The number of benzene rings is 1. The molecule has 13 heteroatoms. The summed E-state index contributed by atoms with van der Waals surface area (Å²) in [5, 5.41) is 4.62. The van der Waals surface area contributed by atoms with Crippen molar-refractivity contribution in [2.75, 3.05) is 19.5 Å². The zero-order chi connectivity index (χ0) is 28.6. The van der Waals surface area contributed by atoms with Crippen LogP contribution in [0.5, 0.6) is 5.75 Å². The van der Waals surface area contributed by atoms with Crippen LogP contribution in [0, 0.1) is 17.6 Å². The molecular formula is C22H23F5N4O4. The van der Waals surface area contributed by atoms with E-state index in [1.807, 2.05) is 5.48 Å². The first kappa shape index (κ1) is 22.2. The number of amides is 2. The summed E-state index contributed by atoms with van der Waals surface area (Å²) in [6.07, 6.45) is -3.76. The summed E-state index contributed by atoms with van der Waals surface area (Å²) in [5.41, 5.74) is -1.36. The molecule has 0 aliphatic carbocycles. The molecule has 0 saturated carbocycles. The SMILES string of the molecule is [2H]C([2H])([2H])Oc1c([C@H]2[C@H](C(=O)Nc3ccnc(C(=O)NOC)c3)N[C@@](C)(C(F)(F)F)[C@H]2C)ccc(F)c1F. The number of methoxy groups -OCH3 is 1. The molecule has 1 fully saturated rings. The van der Waals surface area contributed by atoms with E-state index < -0.39 is 71.4 Å². The minimum absolute atomic E-state index is 0.0238. The first-order chi connectivity index (χ1) is 17.5. The average Bonchev–Trinajstić information content (AvgIpc) is 3.09. The van der Waals surface area contributed by atoms with Crippen LogP contribution in [0.15, 0.2) is 30.5 Å². The quantitative estimate of drug-likeness (QED) is 0.412. The summed E-state index contributed by atoms with van der Waals surface area (Å²) in [5.74, 6) is -9.20. The third-order valence-electron chi connectivity index (χ3n) is 6.13. The molecule has 1 aromatic carbocycles. The Labute approximate surface area is 201 Å². The molecule has 8 nitrogen and oxygen atoms in total. The molecule has 0 bridgehead atoms. The number of hydrogen-bond acceptors (Lipinski definition) is 6. The molecule has 1 saturated heterocycles. The molecule has 1 aliphatic heterocycles. The first-order valence-corrected chi connectivity index (χ1v) is 10.1. The molecule has 2 heterocycles. The number of nitrogens with one attached hydrogen (secondary N) is 3. The van der Waals surface area contributed by atoms with Crippen molar-refractivity contribution in [1.29, 1.82) is 0 Å². The van der Waals surface area contributed by atoms with Gasteiger partial charge in [0.05, 0.1) is 24.3 Å². The van der Waals surface area contributed by atoms with Crippen molar-refractivity contribution in [2.24, 2.45) is 5.92 Å². The lowest BCUT2D eigenvalue weighted by Gasteiger charge is -2.33. The lowest BCUT2D eigenvalue weighted by Crippen LogP contribution is -2.56. The monoisotopic (exact) mass is 505 g/mol. The molecule has 0 radical (unpaired) electrons. The molecule has 190 valence electrons. The van der Waals surface area contributed by atoms with Gasteiger partial charge in [0.1, 0.15) is 11.2 Å². The summed E-state index contributed by atoms with van der Waals surface area (Å²) in [4.78, 5) is 33.6. The Morgan fingerprint density at radius 1 is 1.26 bits per heavy atom. The highest BCUT2D eigenvalue weighted by atomic mass is 19.4. The number of carbonyl (C=O) groups excluding carboxylic acids is 2. The number of nitrogens with zero attached hydrogens (tertiary/aromatic N) is 1. The third-order valence-corrected chi connectivity index (χ3v) is 6.13. The highest BCUT2D eigenvalue weighted by Gasteiger charge is 2.64. The van der Waals surface area contributed by atoms with Crippen molar-refractivity contribution in [3.8, 4) is 5.75 Å². The van der Waals surface area contributed by atoms with Gasteiger partial charge in [0.2, 0.25) is 11.7 Å². The Morgan fingerprint density at radius 2 is 1.97 bits per heavy atom. The molecule has 2 amide bonds. The minimum atomic E-state index is -4.91. The second-order valence-corrected chi connectivity index (χ2v) is 8.07. The molecule has 1 aliphatic rings. The Kier molecular flexibility index (Phi) is 6.17. The van der Waals surface area contributed by atoms with Gasteiger partial charge in [-0.1, -0.05) is 13.0 Å². The first-order valence-electron chi connectivity index (χ1n) is 11.6. The summed E-state index contributed by atoms with van der Waals surface area (Å²) in [7, 11) is -2.10. The summed E-state index contributed by atoms with van der Waals surface area (Å²) in [6.45, 7) is 1.93. The third kappa shape index (κ3) is 4.78. The highest BCUT2D eigenvalue weighted by Crippen LogP contribution is 2.51. The van der Waals surface area contributed by atoms with Crippen LogP contribution < -0.4 is 20.9 Å². The zero-order valence-corrected chi connectivity index (χ0v) is 18.6. The van der Waals surface area contributed by atoms with E-state index in [0.717, 1.165) is 32.2 Å². The Bertz CT molecular complexity index is 1230. The molecule has 0 spiro atoms. The molecule has 3 rings (SSSR count). The fraction of sp³-hybridized carbons (Fsp3) is 0.409. The van der Waals surface area contributed by atoms with Gasteiger partial charge < -0.3 is 10.1 Å². The van der Waals surface area contributed by atoms with Crippen molar-refractivity contribution >= 4 is 17.5 Å². The van der Waals surface area contributed by atoms with Crippen molar-refractivity contribution in [3.63, 3.8) is 0 Å². The fourth-order valence-electron chi connectivity index (χ4n) is 4.12. The Morgan fingerprint density at radius 3 is 2.60 bits per heavy atom. The summed E-state index contributed by atoms with van der Waals surface area (Å²) < 4.78 is 97.7. The van der Waals surface area contributed by atoms with E-state index in [9.17, 15) is 31.5 Å². The summed E-state index contributed by atoms with van der Waals surface area (Å²) in [6, 6.07) is 2.14. The van der Waals surface area contributed by atoms with E-state index in [1.54, 1.807) is 0 Å². The van der Waals surface area contributed by atoms with Crippen LogP contribution in [0.1, 0.15) is 39.9 Å². The maximum absolute atomic E-state index is 14.7. The zero-order valence-electron chi connectivity index (χ0n) is 21.6. The van der Waals surface area contributed by atoms with Gasteiger partial charge in [-0.2, -0.15) is 17.6 Å². The van der Waals surface area contributed by atoms with E-state index in [2.05, 4.69) is 25.2 Å². The molecule has 1 aromatic heterocycles. The van der Waals surface area contributed by atoms with Crippen molar-refractivity contribution in [3.05, 3.63) is 53.4 Å². The van der Waals surface area contributed by atoms with Crippen LogP contribution in [0.3, 0.4) is 0 Å². The van der Waals surface area contributed by atoms with E-state index in [0.29, 0.717) is 6.07 Å². The van der Waals surface area contributed by atoms with Crippen molar-refractivity contribution in [2.45, 2.75) is 37.5 Å². The lowest BCUT2D eigenvalue weighted by atomic mass is 9.76. The van der Waals surface area contributed by atoms with Crippen molar-refractivity contribution < 1.29 is 45.2 Å². The average molecular weight is 505 g/mol. The molecule has 2 aromatic rings. The topological polar surface area (TPSA) is 102 Å². The number of hydroxylamine groups is 1. The number of hydrogen-bond donors (Lipinski definition) is 3. The van der Waals surface area contributed by atoms with Gasteiger partial charge in [-0.15, -0.1) is 0 Å². The van der Waals surface area contributed by atoms with Crippen LogP contribution in [0.2, 0.25) is 0 Å². The van der Waals surface area contributed by atoms with E-state index in [-0.39, 0.29) is 11.4 Å². The molecule has 0 unspecified atom stereocenters. The number of anilines is 1. The maximum Gasteiger partial charge on any atom is 0.406 e. The second kappa shape index (κ2) is 9.74. The standard InChI is InChI=1S/C22H23F5N4O4/c1-10-15(12-5-6-13(23)16(24)18(12)34-3)17(30-21(10,2)22(25,26)27)20(33)29-11-7-8-28-14(9-11)19(32)31-35-4/h5-10,15,17,30H,1-4H3,(H,31,32)(H,28,29,33)/t10-,15-,17+,21+/m0/s1/i3D3.